The molecule has 94 valence electrons. The molecule has 0 aromatic carbocycles. The van der Waals surface area contributed by atoms with Gasteiger partial charge in [0.25, 0.3) is 0 Å². The van der Waals surface area contributed by atoms with E-state index in [1.165, 1.54) is 14.0 Å². The first-order valence-electron chi connectivity index (χ1n) is 5.53. The molecular formula is C11H21NO4. The van der Waals surface area contributed by atoms with Gasteiger partial charge in [-0.05, 0) is 20.8 Å². The van der Waals surface area contributed by atoms with E-state index < -0.39 is 11.6 Å². The number of morpholine rings is 1. The molecule has 0 radical (unpaired) electrons. The highest BCUT2D eigenvalue weighted by molar-refractivity contribution is 5.78. The van der Waals surface area contributed by atoms with Crippen molar-refractivity contribution in [3.8, 4) is 0 Å². The van der Waals surface area contributed by atoms with E-state index in [2.05, 4.69) is 4.74 Å². The molecule has 3 atom stereocenters. The van der Waals surface area contributed by atoms with Crippen LogP contribution in [0.15, 0.2) is 0 Å². The van der Waals surface area contributed by atoms with E-state index >= 15 is 0 Å². The minimum atomic E-state index is -1.45. The molecule has 1 saturated heterocycles. The maximum absolute atomic E-state index is 11.3. The summed E-state index contributed by atoms with van der Waals surface area (Å²) in [6.07, 6.45) is 0.245. The SMILES string of the molecule is COC(=O)C(C)(O)CN1CC(C)OC(C)C1. The van der Waals surface area contributed by atoms with Crippen molar-refractivity contribution in [2.75, 3.05) is 26.7 Å². The topological polar surface area (TPSA) is 59.0 Å². The number of esters is 1. The summed E-state index contributed by atoms with van der Waals surface area (Å²) in [6.45, 7) is 7.15. The summed E-state index contributed by atoms with van der Waals surface area (Å²) in [6, 6.07) is 0. The maximum atomic E-state index is 11.3. The van der Waals surface area contributed by atoms with Crippen LogP contribution in [0.2, 0.25) is 0 Å². The Morgan fingerprint density at radius 3 is 2.44 bits per heavy atom. The summed E-state index contributed by atoms with van der Waals surface area (Å²) in [5, 5.41) is 9.95. The minimum Gasteiger partial charge on any atom is -0.467 e. The van der Waals surface area contributed by atoms with Crippen molar-refractivity contribution < 1.29 is 19.4 Å². The Labute approximate surface area is 96.3 Å². The van der Waals surface area contributed by atoms with Gasteiger partial charge in [-0.1, -0.05) is 0 Å². The molecule has 1 aliphatic rings. The zero-order valence-electron chi connectivity index (χ0n) is 10.4. The van der Waals surface area contributed by atoms with Crippen molar-refractivity contribution in [3.05, 3.63) is 0 Å². The largest absolute Gasteiger partial charge is 0.467 e. The smallest absolute Gasteiger partial charge is 0.338 e. The average Bonchev–Trinajstić information content (AvgIpc) is 2.13. The Balaban J connectivity index is 2.56. The van der Waals surface area contributed by atoms with E-state index in [1.807, 2.05) is 18.7 Å². The number of carbonyl (C=O) groups is 1. The Morgan fingerprint density at radius 1 is 1.50 bits per heavy atom. The van der Waals surface area contributed by atoms with Gasteiger partial charge < -0.3 is 14.6 Å². The zero-order chi connectivity index (χ0) is 12.3. The quantitative estimate of drug-likeness (QED) is 0.694. The van der Waals surface area contributed by atoms with E-state index in [-0.39, 0.29) is 18.8 Å². The van der Waals surface area contributed by atoms with Crippen molar-refractivity contribution in [2.45, 2.75) is 38.6 Å². The van der Waals surface area contributed by atoms with Crippen LogP contribution in [-0.4, -0.2) is 60.5 Å². The highest BCUT2D eigenvalue weighted by atomic mass is 16.5. The molecule has 0 saturated carbocycles. The van der Waals surface area contributed by atoms with Gasteiger partial charge in [0.05, 0.1) is 19.3 Å². The lowest BCUT2D eigenvalue weighted by atomic mass is 10.1. The van der Waals surface area contributed by atoms with Gasteiger partial charge in [0.2, 0.25) is 0 Å². The number of nitrogens with zero attached hydrogens (tertiary/aromatic N) is 1. The summed E-state index contributed by atoms with van der Waals surface area (Å²) in [5.41, 5.74) is -1.45. The monoisotopic (exact) mass is 231 g/mol. The van der Waals surface area contributed by atoms with Crippen molar-refractivity contribution >= 4 is 5.97 Å². The van der Waals surface area contributed by atoms with Crippen LogP contribution in [0.25, 0.3) is 0 Å². The van der Waals surface area contributed by atoms with E-state index in [9.17, 15) is 9.90 Å². The average molecular weight is 231 g/mol. The fourth-order valence-corrected chi connectivity index (χ4v) is 2.13. The van der Waals surface area contributed by atoms with Crippen LogP contribution < -0.4 is 0 Å². The van der Waals surface area contributed by atoms with Gasteiger partial charge in [0.15, 0.2) is 5.60 Å². The summed E-state index contributed by atoms with van der Waals surface area (Å²) in [4.78, 5) is 13.4. The zero-order valence-corrected chi connectivity index (χ0v) is 10.4. The molecule has 1 heterocycles. The summed E-state index contributed by atoms with van der Waals surface area (Å²) in [7, 11) is 1.28. The number of methoxy groups -OCH3 is 1. The van der Waals surface area contributed by atoms with Crippen LogP contribution in [0.4, 0.5) is 0 Å². The molecule has 5 heteroatoms. The molecule has 3 unspecified atom stereocenters. The molecule has 0 aromatic rings. The molecule has 16 heavy (non-hydrogen) atoms. The van der Waals surface area contributed by atoms with Gasteiger partial charge in [0, 0.05) is 19.6 Å². The lowest BCUT2D eigenvalue weighted by Gasteiger charge is -2.38. The van der Waals surface area contributed by atoms with Crippen molar-refractivity contribution in [1.82, 2.24) is 4.90 Å². The molecule has 0 amide bonds. The number of hydrogen-bond donors (Lipinski definition) is 1. The second-order valence-corrected chi connectivity index (χ2v) is 4.72. The van der Waals surface area contributed by atoms with Gasteiger partial charge >= 0.3 is 5.97 Å². The molecule has 5 nitrogen and oxygen atoms in total. The number of carbonyl (C=O) groups excluding carboxylic acids is 1. The normalized spacial score (nSPS) is 30.8. The molecule has 0 bridgehead atoms. The molecule has 0 spiro atoms. The van der Waals surface area contributed by atoms with Crippen LogP contribution in [0.3, 0.4) is 0 Å². The third kappa shape index (κ3) is 3.43. The highest BCUT2D eigenvalue weighted by Gasteiger charge is 2.35. The van der Waals surface area contributed by atoms with Gasteiger partial charge in [0.1, 0.15) is 0 Å². The molecular weight excluding hydrogens is 210 g/mol. The fraction of sp³-hybridized carbons (Fsp3) is 0.909. The fourth-order valence-electron chi connectivity index (χ4n) is 2.13. The van der Waals surface area contributed by atoms with Crippen LogP contribution in [0.1, 0.15) is 20.8 Å². The molecule has 1 rings (SSSR count). The lowest BCUT2D eigenvalue weighted by molar-refractivity contribution is -0.165. The lowest BCUT2D eigenvalue weighted by Crippen LogP contribution is -2.53. The summed E-state index contributed by atoms with van der Waals surface area (Å²) >= 11 is 0. The standard InChI is InChI=1S/C11H21NO4/c1-8-5-12(6-9(2)16-8)7-11(3,14)10(13)15-4/h8-9,14H,5-7H2,1-4H3. The van der Waals surface area contributed by atoms with Gasteiger partial charge in [-0.15, -0.1) is 0 Å². The first-order chi connectivity index (χ1) is 7.35. The first kappa shape index (κ1) is 13.4. The Bertz CT molecular complexity index is 244. The van der Waals surface area contributed by atoms with Crippen LogP contribution >= 0.6 is 0 Å². The predicted octanol–water partition coefficient (Wildman–Crippen LogP) is 0.0196. The van der Waals surface area contributed by atoms with Crippen LogP contribution in [-0.2, 0) is 14.3 Å². The molecule has 1 N–H and O–H groups in total. The number of aliphatic hydroxyl groups is 1. The van der Waals surface area contributed by atoms with Crippen molar-refractivity contribution in [3.63, 3.8) is 0 Å². The number of rotatable bonds is 3. The van der Waals surface area contributed by atoms with Crippen LogP contribution in [0, 0.1) is 0 Å². The molecule has 1 fully saturated rings. The van der Waals surface area contributed by atoms with Gasteiger partial charge in [-0.3, -0.25) is 4.90 Å². The number of hydrogen-bond acceptors (Lipinski definition) is 5. The maximum Gasteiger partial charge on any atom is 0.338 e. The van der Waals surface area contributed by atoms with E-state index in [0.717, 1.165) is 13.1 Å². The second kappa shape index (κ2) is 5.12. The van der Waals surface area contributed by atoms with Crippen molar-refractivity contribution in [2.24, 2.45) is 0 Å². The highest BCUT2D eigenvalue weighted by Crippen LogP contribution is 2.15. The Kier molecular flexibility index (Phi) is 4.29. The Morgan fingerprint density at radius 2 is 2.00 bits per heavy atom. The number of ether oxygens (including phenoxy) is 2. The van der Waals surface area contributed by atoms with E-state index in [4.69, 9.17) is 4.74 Å². The van der Waals surface area contributed by atoms with Gasteiger partial charge in [-0.2, -0.15) is 0 Å². The predicted molar refractivity (Wildman–Crippen MR) is 59.1 cm³/mol. The van der Waals surface area contributed by atoms with Gasteiger partial charge in [-0.25, -0.2) is 4.79 Å². The Hall–Kier alpha value is -0.650. The van der Waals surface area contributed by atoms with Crippen molar-refractivity contribution in [1.29, 1.82) is 0 Å². The van der Waals surface area contributed by atoms with E-state index in [0.29, 0.717) is 0 Å². The molecule has 0 aliphatic carbocycles. The molecule has 0 aromatic heterocycles. The van der Waals surface area contributed by atoms with E-state index in [1.54, 1.807) is 0 Å². The summed E-state index contributed by atoms with van der Waals surface area (Å²) < 4.78 is 10.1. The molecule has 1 aliphatic heterocycles. The third-order valence-corrected chi connectivity index (χ3v) is 2.65. The van der Waals surface area contributed by atoms with Crippen LogP contribution in [0.5, 0.6) is 0 Å². The second-order valence-electron chi connectivity index (χ2n) is 4.72. The number of β-amino-alcohol motifs (C(OH)–C–C–N with tert-alkyl or cyclic N) is 1. The third-order valence-electron chi connectivity index (χ3n) is 2.65. The summed E-state index contributed by atoms with van der Waals surface area (Å²) in [5.74, 6) is -0.598. The first-order valence-corrected chi connectivity index (χ1v) is 5.53. The minimum absolute atomic E-state index is 0.122.